The van der Waals surface area contributed by atoms with Crippen LogP contribution in [0.5, 0.6) is 5.75 Å². The molecule has 0 bridgehead atoms. The van der Waals surface area contributed by atoms with Crippen molar-refractivity contribution < 1.29 is 4.74 Å². The van der Waals surface area contributed by atoms with Gasteiger partial charge in [-0.25, -0.2) is 4.99 Å². The van der Waals surface area contributed by atoms with Gasteiger partial charge in [-0.05, 0) is 30.2 Å². The quantitative estimate of drug-likeness (QED) is 0.369. The topological polar surface area (TPSA) is 59.6 Å². The number of nitrogens with one attached hydrogen (secondary N) is 1. The molecule has 0 fully saturated rings. The van der Waals surface area contributed by atoms with Crippen LogP contribution < -0.4 is 15.8 Å². The standard InChI is InChI=1S/C17H20BrN3O.HI/c1-22-16-8-7-15(18)11-14(16)12-21-17(19)20-10-9-13-5-3-2-4-6-13;/h2-8,11H,9-10,12H2,1H3,(H3,19,20,21);1H. The maximum absolute atomic E-state index is 5.90. The zero-order valence-corrected chi connectivity index (χ0v) is 16.9. The van der Waals surface area contributed by atoms with Crippen LogP contribution in [0.25, 0.3) is 0 Å². The Hall–Kier alpha value is -1.28. The van der Waals surface area contributed by atoms with Crippen molar-refractivity contribution in [3.05, 3.63) is 64.1 Å². The van der Waals surface area contributed by atoms with Crippen molar-refractivity contribution in [1.29, 1.82) is 0 Å². The van der Waals surface area contributed by atoms with E-state index in [1.54, 1.807) is 7.11 Å². The fourth-order valence-electron chi connectivity index (χ4n) is 2.08. The van der Waals surface area contributed by atoms with Gasteiger partial charge in [0.05, 0.1) is 13.7 Å². The van der Waals surface area contributed by atoms with Crippen LogP contribution in [-0.2, 0) is 13.0 Å². The molecule has 0 heterocycles. The Kier molecular flexibility index (Phi) is 9.01. The molecule has 4 nitrogen and oxygen atoms in total. The molecule has 3 N–H and O–H groups in total. The van der Waals surface area contributed by atoms with E-state index in [0.717, 1.165) is 28.8 Å². The third-order valence-electron chi connectivity index (χ3n) is 3.22. The van der Waals surface area contributed by atoms with E-state index < -0.39 is 0 Å². The van der Waals surface area contributed by atoms with Crippen molar-refractivity contribution >= 4 is 45.9 Å². The molecule has 2 rings (SSSR count). The summed E-state index contributed by atoms with van der Waals surface area (Å²) in [5, 5.41) is 3.13. The van der Waals surface area contributed by atoms with E-state index in [-0.39, 0.29) is 24.0 Å². The van der Waals surface area contributed by atoms with Crippen molar-refractivity contribution in [2.75, 3.05) is 13.7 Å². The van der Waals surface area contributed by atoms with Crippen LogP contribution in [0.3, 0.4) is 0 Å². The van der Waals surface area contributed by atoms with Gasteiger partial charge in [0.25, 0.3) is 0 Å². The summed E-state index contributed by atoms with van der Waals surface area (Å²) < 4.78 is 6.31. The lowest BCUT2D eigenvalue weighted by Crippen LogP contribution is -2.33. The molecule has 0 aliphatic carbocycles. The summed E-state index contributed by atoms with van der Waals surface area (Å²) in [6, 6.07) is 16.1. The average Bonchev–Trinajstić information content (AvgIpc) is 2.54. The smallest absolute Gasteiger partial charge is 0.188 e. The molecule has 0 aromatic heterocycles. The van der Waals surface area contributed by atoms with Gasteiger partial charge in [0.15, 0.2) is 5.96 Å². The number of ether oxygens (including phenoxy) is 1. The summed E-state index contributed by atoms with van der Waals surface area (Å²) in [6.07, 6.45) is 0.914. The molecule has 124 valence electrons. The fourth-order valence-corrected chi connectivity index (χ4v) is 2.49. The van der Waals surface area contributed by atoms with Gasteiger partial charge >= 0.3 is 0 Å². The van der Waals surface area contributed by atoms with Gasteiger partial charge in [0.1, 0.15) is 5.75 Å². The van der Waals surface area contributed by atoms with Gasteiger partial charge in [-0.2, -0.15) is 0 Å². The molecule has 0 saturated carbocycles. The Bertz CT molecular complexity index is 635. The number of hydrogen-bond acceptors (Lipinski definition) is 2. The zero-order chi connectivity index (χ0) is 15.8. The molecule has 2 aromatic rings. The van der Waals surface area contributed by atoms with E-state index in [0.29, 0.717) is 12.5 Å². The van der Waals surface area contributed by atoms with Gasteiger partial charge in [-0.1, -0.05) is 46.3 Å². The lowest BCUT2D eigenvalue weighted by Gasteiger charge is -2.08. The first-order valence-corrected chi connectivity index (χ1v) is 7.88. The number of nitrogens with zero attached hydrogens (tertiary/aromatic N) is 1. The Labute approximate surface area is 162 Å². The number of hydrogen-bond donors (Lipinski definition) is 2. The Morgan fingerprint density at radius 2 is 1.96 bits per heavy atom. The van der Waals surface area contributed by atoms with E-state index in [4.69, 9.17) is 10.5 Å². The van der Waals surface area contributed by atoms with E-state index in [9.17, 15) is 0 Å². The number of aliphatic imine (C=N–C) groups is 1. The lowest BCUT2D eigenvalue weighted by atomic mass is 10.1. The third kappa shape index (κ3) is 6.78. The highest BCUT2D eigenvalue weighted by Crippen LogP contribution is 2.23. The number of nitrogens with two attached hydrogens (primary N) is 1. The maximum Gasteiger partial charge on any atom is 0.188 e. The predicted molar refractivity (Wildman–Crippen MR) is 110 cm³/mol. The second kappa shape index (κ2) is 10.5. The maximum atomic E-state index is 5.90. The Morgan fingerprint density at radius 3 is 2.65 bits per heavy atom. The number of guanidine groups is 1. The molecule has 0 radical (unpaired) electrons. The second-order valence-corrected chi connectivity index (χ2v) is 5.74. The molecule has 0 unspecified atom stereocenters. The molecule has 23 heavy (non-hydrogen) atoms. The van der Waals surface area contributed by atoms with Crippen molar-refractivity contribution in [2.24, 2.45) is 10.7 Å². The lowest BCUT2D eigenvalue weighted by molar-refractivity contribution is 0.410. The summed E-state index contributed by atoms with van der Waals surface area (Å²) in [5.41, 5.74) is 8.17. The highest BCUT2D eigenvalue weighted by Gasteiger charge is 2.03. The highest BCUT2D eigenvalue weighted by atomic mass is 127. The van der Waals surface area contributed by atoms with Crippen LogP contribution in [0.2, 0.25) is 0 Å². The molecule has 6 heteroatoms. The first kappa shape index (κ1) is 19.8. The third-order valence-corrected chi connectivity index (χ3v) is 3.72. The minimum Gasteiger partial charge on any atom is -0.496 e. The normalized spacial score (nSPS) is 10.8. The summed E-state index contributed by atoms with van der Waals surface area (Å²) in [5.74, 6) is 1.25. The van der Waals surface area contributed by atoms with Gasteiger partial charge in [-0.3, -0.25) is 0 Å². The summed E-state index contributed by atoms with van der Waals surface area (Å²) in [4.78, 5) is 4.36. The van der Waals surface area contributed by atoms with Crippen LogP contribution in [-0.4, -0.2) is 19.6 Å². The number of halogens is 2. The van der Waals surface area contributed by atoms with Crippen molar-refractivity contribution in [1.82, 2.24) is 5.32 Å². The largest absolute Gasteiger partial charge is 0.496 e. The molecular weight excluding hydrogens is 469 g/mol. The number of methoxy groups -OCH3 is 1. The van der Waals surface area contributed by atoms with E-state index in [1.807, 2.05) is 36.4 Å². The predicted octanol–water partition coefficient (Wildman–Crippen LogP) is 3.72. The van der Waals surface area contributed by atoms with Crippen LogP contribution in [0, 0.1) is 0 Å². The molecule has 2 aromatic carbocycles. The van der Waals surface area contributed by atoms with Crippen LogP contribution in [0.4, 0.5) is 0 Å². The summed E-state index contributed by atoms with van der Waals surface area (Å²) in [7, 11) is 1.65. The SMILES string of the molecule is COc1ccc(Br)cc1CN=C(N)NCCc1ccccc1.I. The Balaban J connectivity index is 0.00000264. The monoisotopic (exact) mass is 489 g/mol. The van der Waals surface area contributed by atoms with Crippen LogP contribution in [0.1, 0.15) is 11.1 Å². The molecule has 0 aliphatic heterocycles. The minimum atomic E-state index is 0. The molecule has 0 saturated heterocycles. The van der Waals surface area contributed by atoms with Crippen LogP contribution in [0.15, 0.2) is 58.0 Å². The van der Waals surface area contributed by atoms with Gasteiger partial charge in [-0.15, -0.1) is 24.0 Å². The second-order valence-electron chi connectivity index (χ2n) is 4.82. The van der Waals surface area contributed by atoms with Crippen LogP contribution >= 0.6 is 39.9 Å². The molecule has 0 atom stereocenters. The molecule has 0 aliphatic rings. The Morgan fingerprint density at radius 1 is 1.22 bits per heavy atom. The fraction of sp³-hybridized carbons (Fsp3) is 0.235. The summed E-state index contributed by atoms with van der Waals surface area (Å²) >= 11 is 3.45. The molecule has 0 amide bonds. The first-order chi connectivity index (χ1) is 10.7. The number of rotatable bonds is 6. The van der Waals surface area contributed by atoms with Crippen molar-refractivity contribution in [3.63, 3.8) is 0 Å². The molecular formula is C17H21BrIN3O. The van der Waals surface area contributed by atoms with Gasteiger partial charge < -0.3 is 15.8 Å². The zero-order valence-electron chi connectivity index (χ0n) is 13.0. The highest BCUT2D eigenvalue weighted by molar-refractivity contribution is 14.0. The van der Waals surface area contributed by atoms with Crippen molar-refractivity contribution in [3.8, 4) is 5.75 Å². The first-order valence-electron chi connectivity index (χ1n) is 7.09. The summed E-state index contributed by atoms with van der Waals surface area (Å²) in [6.45, 7) is 1.24. The minimum absolute atomic E-state index is 0. The number of benzene rings is 2. The van der Waals surface area contributed by atoms with Gasteiger partial charge in [0, 0.05) is 16.6 Å². The van der Waals surface area contributed by atoms with E-state index >= 15 is 0 Å². The van der Waals surface area contributed by atoms with Crippen molar-refractivity contribution in [2.45, 2.75) is 13.0 Å². The van der Waals surface area contributed by atoms with Gasteiger partial charge in [0.2, 0.25) is 0 Å². The average molecular weight is 490 g/mol. The molecule has 0 spiro atoms. The van der Waals surface area contributed by atoms with E-state index in [1.165, 1.54) is 5.56 Å². The van der Waals surface area contributed by atoms with E-state index in [2.05, 4.69) is 38.4 Å².